The smallest absolute Gasteiger partial charge is 0.269 e. The minimum absolute atomic E-state index is 0.148. The van der Waals surface area contributed by atoms with Crippen LogP contribution < -0.4 is 10.6 Å². The van der Waals surface area contributed by atoms with Gasteiger partial charge in [-0.3, -0.25) is 9.78 Å². The van der Waals surface area contributed by atoms with E-state index in [1.807, 2.05) is 6.07 Å². The quantitative estimate of drug-likeness (QED) is 0.836. The molecule has 1 amide bonds. The number of carbonyl (C=O) groups excluding carboxylic acids is 1. The zero-order valence-corrected chi connectivity index (χ0v) is 10.4. The first kappa shape index (κ1) is 11.9. The lowest BCUT2D eigenvalue weighted by Gasteiger charge is -2.32. The van der Waals surface area contributed by atoms with Crippen molar-refractivity contribution in [3.63, 3.8) is 0 Å². The van der Waals surface area contributed by atoms with Gasteiger partial charge in [0.15, 0.2) is 0 Å². The molecular formula is C13H19N3O. The summed E-state index contributed by atoms with van der Waals surface area (Å²) in [7, 11) is 1.61. The molecule has 1 heterocycles. The highest BCUT2D eigenvalue weighted by molar-refractivity contribution is 5.92. The van der Waals surface area contributed by atoms with Gasteiger partial charge in [0.05, 0.1) is 0 Å². The summed E-state index contributed by atoms with van der Waals surface area (Å²) < 4.78 is 0. The zero-order chi connectivity index (χ0) is 12.3. The molecule has 2 N–H and O–H groups in total. The Kier molecular flexibility index (Phi) is 3.61. The number of nitrogens with zero attached hydrogens (tertiary/aromatic N) is 1. The number of rotatable bonds is 4. The van der Waals surface area contributed by atoms with Crippen molar-refractivity contribution in [2.75, 3.05) is 12.4 Å². The first-order chi connectivity index (χ1) is 8.20. The first-order valence-electron chi connectivity index (χ1n) is 6.15. The third-order valence-electron chi connectivity index (χ3n) is 3.47. The number of hydrogen-bond donors (Lipinski definition) is 2. The zero-order valence-electron chi connectivity index (χ0n) is 10.4. The maximum atomic E-state index is 11.5. The van der Waals surface area contributed by atoms with E-state index in [-0.39, 0.29) is 5.91 Å². The van der Waals surface area contributed by atoms with E-state index in [1.165, 1.54) is 19.3 Å². The van der Waals surface area contributed by atoms with Gasteiger partial charge in [0.2, 0.25) is 0 Å². The summed E-state index contributed by atoms with van der Waals surface area (Å²) in [5.74, 6) is 0.622. The SMILES string of the molecule is CNC(=O)c1cc(NC(C)C2CCC2)ccn1. The van der Waals surface area contributed by atoms with E-state index in [0.29, 0.717) is 11.7 Å². The molecule has 17 heavy (non-hydrogen) atoms. The van der Waals surface area contributed by atoms with Crippen LogP contribution in [0.25, 0.3) is 0 Å². The van der Waals surface area contributed by atoms with Crippen LogP contribution in [0, 0.1) is 5.92 Å². The molecule has 1 aliphatic carbocycles. The summed E-state index contributed by atoms with van der Waals surface area (Å²) in [4.78, 5) is 15.5. The Labute approximate surface area is 102 Å². The number of hydrogen-bond acceptors (Lipinski definition) is 3. The molecule has 1 aromatic rings. The van der Waals surface area contributed by atoms with E-state index in [0.717, 1.165) is 11.6 Å². The van der Waals surface area contributed by atoms with Gasteiger partial charge >= 0.3 is 0 Å². The largest absolute Gasteiger partial charge is 0.382 e. The lowest BCUT2D eigenvalue weighted by Crippen LogP contribution is -2.31. The van der Waals surface area contributed by atoms with Crippen molar-refractivity contribution in [3.8, 4) is 0 Å². The highest BCUT2D eigenvalue weighted by Gasteiger charge is 2.23. The Morgan fingerprint density at radius 1 is 1.53 bits per heavy atom. The van der Waals surface area contributed by atoms with Crippen LogP contribution in [0.15, 0.2) is 18.3 Å². The molecule has 4 heteroatoms. The van der Waals surface area contributed by atoms with Crippen LogP contribution in [0.1, 0.15) is 36.7 Å². The van der Waals surface area contributed by atoms with Gasteiger partial charge in [0, 0.05) is 25.0 Å². The van der Waals surface area contributed by atoms with Crippen molar-refractivity contribution >= 4 is 11.6 Å². The van der Waals surface area contributed by atoms with Crippen LogP contribution in [-0.2, 0) is 0 Å². The Bertz CT molecular complexity index is 401. The highest BCUT2D eigenvalue weighted by atomic mass is 16.1. The molecule has 0 radical (unpaired) electrons. The van der Waals surface area contributed by atoms with Crippen LogP contribution in [0.5, 0.6) is 0 Å². The van der Waals surface area contributed by atoms with E-state index in [4.69, 9.17) is 0 Å². The van der Waals surface area contributed by atoms with Gasteiger partial charge in [-0.05, 0) is 37.8 Å². The molecule has 1 atom stereocenters. The number of pyridine rings is 1. The van der Waals surface area contributed by atoms with Crippen molar-refractivity contribution in [3.05, 3.63) is 24.0 Å². The van der Waals surface area contributed by atoms with Crippen LogP contribution in [0.3, 0.4) is 0 Å². The number of anilines is 1. The normalized spacial score (nSPS) is 17.1. The van der Waals surface area contributed by atoms with Gasteiger partial charge in [0.1, 0.15) is 5.69 Å². The second-order valence-corrected chi connectivity index (χ2v) is 4.63. The lowest BCUT2D eigenvalue weighted by atomic mass is 9.80. The van der Waals surface area contributed by atoms with Crippen LogP contribution in [0.2, 0.25) is 0 Å². The summed E-state index contributed by atoms with van der Waals surface area (Å²) in [6.45, 7) is 2.20. The van der Waals surface area contributed by atoms with Gasteiger partial charge in [-0.1, -0.05) is 6.42 Å². The van der Waals surface area contributed by atoms with Crippen LogP contribution >= 0.6 is 0 Å². The minimum Gasteiger partial charge on any atom is -0.382 e. The topological polar surface area (TPSA) is 54.0 Å². The van der Waals surface area contributed by atoms with E-state index in [1.54, 1.807) is 19.3 Å². The molecule has 1 aliphatic rings. The third-order valence-corrected chi connectivity index (χ3v) is 3.47. The summed E-state index contributed by atoms with van der Waals surface area (Å²) in [6.07, 6.45) is 5.63. The van der Waals surface area contributed by atoms with Gasteiger partial charge in [-0.15, -0.1) is 0 Å². The van der Waals surface area contributed by atoms with E-state index >= 15 is 0 Å². The lowest BCUT2D eigenvalue weighted by molar-refractivity contribution is 0.0958. The first-order valence-corrected chi connectivity index (χ1v) is 6.15. The summed E-state index contributed by atoms with van der Waals surface area (Å²) >= 11 is 0. The molecule has 0 saturated heterocycles. The Morgan fingerprint density at radius 3 is 2.88 bits per heavy atom. The Hall–Kier alpha value is -1.58. The summed E-state index contributed by atoms with van der Waals surface area (Å²) in [5.41, 5.74) is 1.43. The maximum Gasteiger partial charge on any atom is 0.269 e. The fourth-order valence-corrected chi connectivity index (χ4v) is 2.09. The van der Waals surface area contributed by atoms with Gasteiger partial charge in [-0.25, -0.2) is 0 Å². The second-order valence-electron chi connectivity index (χ2n) is 4.63. The molecule has 0 bridgehead atoms. The third kappa shape index (κ3) is 2.75. The molecule has 1 fully saturated rings. The molecule has 0 spiro atoms. The van der Waals surface area contributed by atoms with Gasteiger partial charge in [0.25, 0.3) is 5.91 Å². The molecule has 0 aromatic carbocycles. The predicted molar refractivity (Wildman–Crippen MR) is 68.1 cm³/mol. The molecule has 2 rings (SSSR count). The number of carbonyl (C=O) groups is 1. The summed E-state index contributed by atoms with van der Waals surface area (Å²) in [5, 5.41) is 6.02. The average molecular weight is 233 g/mol. The molecule has 92 valence electrons. The van der Waals surface area contributed by atoms with Crippen molar-refractivity contribution in [1.82, 2.24) is 10.3 Å². The number of amides is 1. The van der Waals surface area contributed by atoms with Gasteiger partial charge < -0.3 is 10.6 Å². The minimum atomic E-state index is -0.148. The molecule has 1 aromatic heterocycles. The fraction of sp³-hybridized carbons (Fsp3) is 0.538. The molecule has 4 nitrogen and oxygen atoms in total. The van der Waals surface area contributed by atoms with E-state index < -0.39 is 0 Å². The average Bonchev–Trinajstić information content (AvgIpc) is 2.26. The second kappa shape index (κ2) is 5.17. The summed E-state index contributed by atoms with van der Waals surface area (Å²) in [6, 6.07) is 4.17. The van der Waals surface area contributed by atoms with Gasteiger partial charge in [-0.2, -0.15) is 0 Å². The number of nitrogens with one attached hydrogen (secondary N) is 2. The van der Waals surface area contributed by atoms with E-state index in [9.17, 15) is 4.79 Å². The molecular weight excluding hydrogens is 214 g/mol. The molecule has 0 aliphatic heterocycles. The highest BCUT2D eigenvalue weighted by Crippen LogP contribution is 2.30. The number of aromatic nitrogens is 1. The predicted octanol–water partition coefficient (Wildman–Crippen LogP) is 2.04. The van der Waals surface area contributed by atoms with Crippen molar-refractivity contribution in [2.45, 2.75) is 32.2 Å². The molecule has 1 unspecified atom stereocenters. The van der Waals surface area contributed by atoms with E-state index in [2.05, 4.69) is 22.5 Å². The molecule has 1 saturated carbocycles. The Morgan fingerprint density at radius 2 is 2.29 bits per heavy atom. The van der Waals surface area contributed by atoms with Crippen LogP contribution in [0.4, 0.5) is 5.69 Å². The standard InChI is InChI=1S/C13H19N3O/c1-9(10-4-3-5-10)16-11-6-7-15-12(8-11)13(17)14-2/h6-10H,3-5H2,1-2H3,(H,14,17)(H,15,16). The van der Waals surface area contributed by atoms with Crippen molar-refractivity contribution in [1.29, 1.82) is 0 Å². The van der Waals surface area contributed by atoms with Crippen LogP contribution in [-0.4, -0.2) is 24.0 Å². The fourth-order valence-electron chi connectivity index (χ4n) is 2.09. The van der Waals surface area contributed by atoms with Crippen molar-refractivity contribution in [2.24, 2.45) is 5.92 Å². The Balaban J connectivity index is 2.02. The maximum absolute atomic E-state index is 11.5. The van der Waals surface area contributed by atoms with Crippen molar-refractivity contribution < 1.29 is 4.79 Å². The monoisotopic (exact) mass is 233 g/mol.